The van der Waals surface area contributed by atoms with Crippen LogP contribution in [0.3, 0.4) is 0 Å². The van der Waals surface area contributed by atoms with Crippen LogP contribution < -0.4 is 5.32 Å². The van der Waals surface area contributed by atoms with Gasteiger partial charge in [-0.05, 0) is 35.0 Å². The highest BCUT2D eigenvalue weighted by atomic mass is 79.9. The van der Waals surface area contributed by atoms with Crippen LogP contribution in [0.5, 0.6) is 0 Å². The zero-order chi connectivity index (χ0) is 11.4. The highest BCUT2D eigenvalue weighted by Gasteiger charge is 2.15. The highest BCUT2D eigenvalue weighted by Crippen LogP contribution is 2.07. The number of carbonyl (C=O) groups is 2. The van der Waals surface area contributed by atoms with E-state index in [2.05, 4.69) is 26.2 Å². The summed E-state index contributed by atoms with van der Waals surface area (Å²) in [5, 5.41) is 10.9. The second kappa shape index (κ2) is 4.88. The van der Waals surface area contributed by atoms with Crippen LogP contribution in [0.1, 0.15) is 17.3 Å². The van der Waals surface area contributed by atoms with Gasteiger partial charge in [-0.15, -0.1) is 0 Å². The molecular formula is C9H9BrN2O3. The lowest BCUT2D eigenvalue weighted by molar-refractivity contribution is -0.138. The molecule has 1 atom stereocenters. The molecule has 1 aromatic heterocycles. The number of nitrogens with one attached hydrogen (secondary N) is 1. The molecule has 80 valence electrons. The average molecular weight is 273 g/mol. The molecule has 6 heteroatoms. The molecule has 1 amide bonds. The Labute approximate surface area is 94.6 Å². The van der Waals surface area contributed by atoms with E-state index >= 15 is 0 Å². The van der Waals surface area contributed by atoms with Crippen molar-refractivity contribution < 1.29 is 14.7 Å². The van der Waals surface area contributed by atoms with E-state index in [9.17, 15) is 9.59 Å². The monoisotopic (exact) mass is 272 g/mol. The zero-order valence-corrected chi connectivity index (χ0v) is 9.48. The summed E-state index contributed by atoms with van der Waals surface area (Å²) in [6.45, 7) is 1.40. The Kier molecular flexibility index (Phi) is 3.79. The second-order valence-electron chi connectivity index (χ2n) is 2.90. The third-order valence-electron chi connectivity index (χ3n) is 1.71. The second-order valence-corrected chi connectivity index (χ2v) is 3.71. The van der Waals surface area contributed by atoms with Gasteiger partial charge in [0, 0.05) is 11.8 Å². The number of amides is 1. The van der Waals surface area contributed by atoms with Gasteiger partial charge in [0.25, 0.3) is 5.91 Å². The summed E-state index contributed by atoms with van der Waals surface area (Å²) >= 11 is 3.12. The van der Waals surface area contributed by atoms with E-state index in [0.717, 1.165) is 0 Å². The molecule has 0 fully saturated rings. The van der Waals surface area contributed by atoms with Crippen molar-refractivity contribution in [2.45, 2.75) is 13.0 Å². The number of halogens is 1. The van der Waals surface area contributed by atoms with Gasteiger partial charge >= 0.3 is 5.97 Å². The molecular weight excluding hydrogens is 264 g/mol. The molecule has 1 heterocycles. The Hall–Kier alpha value is -1.43. The van der Waals surface area contributed by atoms with Gasteiger partial charge in [0.2, 0.25) is 0 Å². The number of hydrogen-bond acceptors (Lipinski definition) is 3. The maximum atomic E-state index is 11.5. The van der Waals surface area contributed by atoms with Crippen molar-refractivity contribution in [3.05, 3.63) is 28.5 Å². The maximum Gasteiger partial charge on any atom is 0.325 e. The SMILES string of the molecule is C[C@@H](NC(=O)c1ccnc(Br)c1)C(=O)O. The summed E-state index contributed by atoms with van der Waals surface area (Å²) in [6.07, 6.45) is 1.46. The molecule has 0 saturated carbocycles. The molecule has 0 aliphatic rings. The van der Waals surface area contributed by atoms with Gasteiger partial charge in [0.05, 0.1) is 0 Å². The molecule has 15 heavy (non-hydrogen) atoms. The van der Waals surface area contributed by atoms with Crippen molar-refractivity contribution in [1.82, 2.24) is 10.3 Å². The quantitative estimate of drug-likeness (QED) is 0.807. The average Bonchev–Trinajstić information content (AvgIpc) is 2.17. The molecule has 0 aliphatic heterocycles. The number of carboxylic acid groups (broad SMARTS) is 1. The van der Waals surface area contributed by atoms with Crippen LogP contribution in [0.25, 0.3) is 0 Å². The molecule has 0 aromatic carbocycles. The smallest absolute Gasteiger partial charge is 0.325 e. The first-order valence-electron chi connectivity index (χ1n) is 4.16. The molecule has 0 saturated heterocycles. The molecule has 0 radical (unpaired) electrons. The van der Waals surface area contributed by atoms with Crippen molar-refractivity contribution in [2.75, 3.05) is 0 Å². The Morgan fingerprint density at radius 2 is 2.27 bits per heavy atom. The van der Waals surface area contributed by atoms with E-state index < -0.39 is 17.9 Å². The van der Waals surface area contributed by atoms with Gasteiger partial charge in [-0.1, -0.05) is 0 Å². The Balaban J connectivity index is 2.73. The lowest BCUT2D eigenvalue weighted by Gasteiger charge is -2.08. The van der Waals surface area contributed by atoms with Gasteiger partial charge in [-0.3, -0.25) is 9.59 Å². The lowest BCUT2D eigenvalue weighted by Crippen LogP contribution is -2.38. The van der Waals surface area contributed by atoms with E-state index in [0.29, 0.717) is 10.2 Å². The minimum Gasteiger partial charge on any atom is -0.480 e. The summed E-state index contributed by atoms with van der Waals surface area (Å²) in [5.41, 5.74) is 0.366. The first-order chi connectivity index (χ1) is 7.00. The van der Waals surface area contributed by atoms with Gasteiger partial charge in [0.15, 0.2) is 0 Å². The number of rotatable bonds is 3. The lowest BCUT2D eigenvalue weighted by atomic mass is 10.2. The molecule has 0 unspecified atom stereocenters. The van der Waals surface area contributed by atoms with Crippen molar-refractivity contribution in [1.29, 1.82) is 0 Å². The minimum absolute atomic E-state index is 0.366. The summed E-state index contributed by atoms with van der Waals surface area (Å²) in [5.74, 6) is -1.51. The van der Waals surface area contributed by atoms with Crippen LogP contribution in [0.15, 0.2) is 22.9 Å². The fraction of sp³-hybridized carbons (Fsp3) is 0.222. The predicted molar refractivity (Wildman–Crippen MR) is 56.5 cm³/mol. The van der Waals surface area contributed by atoms with E-state index in [1.807, 2.05) is 0 Å². The van der Waals surface area contributed by atoms with E-state index in [1.54, 1.807) is 0 Å². The topological polar surface area (TPSA) is 79.3 Å². The molecule has 0 bridgehead atoms. The zero-order valence-electron chi connectivity index (χ0n) is 7.90. The summed E-state index contributed by atoms with van der Waals surface area (Å²) in [7, 11) is 0. The van der Waals surface area contributed by atoms with Gasteiger partial charge in [-0.25, -0.2) is 4.98 Å². The van der Waals surface area contributed by atoms with E-state index in [4.69, 9.17) is 5.11 Å². The van der Waals surface area contributed by atoms with E-state index in [1.165, 1.54) is 25.3 Å². The van der Waals surface area contributed by atoms with Crippen LogP contribution in [-0.2, 0) is 4.79 Å². The molecule has 1 rings (SSSR count). The molecule has 5 nitrogen and oxygen atoms in total. The summed E-state index contributed by atoms with van der Waals surface area (Å²) in [4.78, 5) is 25.8. The van der Waals surface area contributed by atoms with Crippen molar-refractivity contribution >= 4 is 27.8 Å². The molecule has 0 spiro atoms. The van der Waals surface area contributed by atoms with E-state index in [-0.39, 0.29) is 0 Å². The third kappa shape index (κ3) is 3.32. The number of pyridine rings is 1. The predicted octanol–water partition coefficient (Wildman–Crippen LogP) is 1.05. The van der Waals surface area contributed by atoms with Crippen molar-refractivity contribution in [2.24, 2.45) is 0 Å². The number of hydrogen-bond donors (Lipinski definition) is 2. The van der Waals surface area contributed by atoms with Crippen molar-refractivity contribution in [3.63, 3.8) is 0 Å². The number of aliphatic carboxylic acids is 1. The Bertz CT molecular complexity index is 395. The van der Waals surface area contributed by atoms with Crippen molar-refractivity contribution in [3.8, 4) is 0 Å². The Morgan fingerprint density at radius 1 is 1.60 bits per heavy atom. The van der Waals surface area contributed by atoms with Crippen LogP contribution in [-0.4, -0.2) is 28.0 Å². The standard InChI is InChI=1S/C9H9BrN2O3/c1-5(9(14)15)12-8(13)6-2-3-11-7(10)4-6/h2-5H,1H3,(H,12,13)(H,14,15)/t5-/m1/s1. The number of carbonyl (C=O) groups excluding carboxylic acids is 1. The molecule has 1 aromatic rings. The fourth-order valence-corrected chi connectivity index (χ4v) is 1.25. The maximum absolute atomic E-state index is 11.5. The molecule has 0 aliphatic carbocycles. The normalized spacial score (nSPS) is 11.9. The van der Waals surface area contributed by atoms with Crippen LogP contribution in [0, 0.1) is 0 Å². The summed E-state index contributed by atoms with van der Waals surface area (Å²) < 4.78 is 0.526. The van der Waals surface area contributed by atoms with Gasteiger partial charge < -0.3 is 10.4 Å². The van der Waals surface area contributed by atoms with Crippen LogP contribution in [0.4, 0.5) is 0 Å². The largest absolute Gasteiger partial charge is 0.480 e. The third-order valence-corrected chi connectivity index (χ3v) is 2.14. The van der Waals surface area contributed by atoms with Gasteiger partial charge in [0.1, 0.15) is 10.6 Å². The number of aromatic nitrogens is 1. The molecule has 2 N–H and O–H groups in total. The fourth-order valence-electron chi connectivity index (χ4n) is 0.885. The first kappa shape index (κ1) is 11.6. The Morgan fingerprint density at radius 3 is 2.80 bits per heavy atom. The number of nitrogens with zero attached hydrogens (tertiary/aromatic N) is 1. The van der Waals surface area contributed by atoms with Crippen LogP contribution in [0.2, 0.25) is 0 Å². The highest BCUT2D eigenvalue weighted by molar-refractivity contribution is 9.10. The van der Waals surface area contributed by atoms with Gasteiger partial charge in [-0.2, -0.15) is 0 Å². The number of carboxylic acids is 1. The van der Waals surface area contributed by atoms with Crippen LogP contribution >= 0.6 is 15.9 Å². The minimum atomic E-state index is -1.07. The summed E-state index contributed by atoms with van der Waals surface area (Å²) in [6, 6.07) is 2.11. The first-order valence-corrected chi connectivity index (χ1v) is 4.95.